The first-order valence-corrected chi connectivity index (χ1v) is 10.9. The van der Waals surface area contributed by atoms with Crippen LogP contribution in [0.2, 0.25) is 5.02 Å². The fraction of sp³-hybridized carbons (Fsp3) is 0.304. The number of nitro benzene ring substituents is 1. The SMILES string of the molecule is COc1ccc(Cl)c(-c2cc(N(C)C)c(=O)n(-c3cc(N4CCOCC4)ccc3[N+](=O)[O-])n2)c1. The Bertz CT molecular complexity index is 1290. The molecule has 11 heteroatoms. The van der Waals surface area contributed by atoms with E-state index in [-0.39, 0.29) is 11.4 Å². The molecule has 1 aliphatic rings. The Morgan fingerprint density at radius 1 is 1.15 bits per heavy atom. The average Bonchev–Trinajstić information content (AvgIpc) is 2.84. The van der Waals surface area contributed by atoms with E-state index in [1.54, 1.807) is 55.4 Å². The van der Waals surface area contributed by atoms with Gasteiger partial charge in [0, 0.05) is 44.5 Å². The lowest BCUT2D eigenvalue weighted by atomic mass is 10.1. The molecule has 0 N–H and O–H groups in total. The highest BCUT2D eigenvalue weighted by Gasteiger charge is 2.23. The van der Waals surface area contributed by atoms with Gasteiger partial charge in [0.1, 0.15) is 17.1 Å². The molecule has 2 aromatic carbocycles. The molecule has 0 atom stereocenters. The number of methoxy groups -OCH3 is 1. The number of hydrogen-bond donors (Lipinski definition) is 0. The van der Waals surface area contributed by atoms with Gasteiger partial charge in [-0.3, -0.25) is 14.9 Å². The molecular weight excluding hydrogens is 462 g/mol. The summed E-state index contributed by atoms with van der Waals surface area (Å²) in [5.41, 5.74) is 1.30. The van der Waals surface area contributed by atoms with Crippen LogP contribution < -0.4 is 20.1 Å². The summed E-state index contributed by atoms with van der Waals surface area (Å²) in [6.07, 6.45) is 0. The Balaban J connectivity index is 1.97. The number of ether oxygens (including phenoxy) is 2. The van der Waals surface area contributed by atoms with Crippen LogP contribution in [-0.4, -0.2) is 62.2 Å². The van der Waals surface area contributed by atoms with Crippen LogP contribution in [0.4, 0.5) is 17.1 Å². The van der Waals surface area contributed by atoms with Crippen molar-refractivity contribution in [2.45, 2.75) is 0 Å². The first kappa shape index (κ1) is 23.5. The maximum Gasteiger partial charge on any atom is 0.295 e. The van der Waals surface area contributed by atoms with Gasteiger partial charge in [-0.2, -0.15) is 9.78 Å². The standard InChI is InChI=1S/C23H24ClN5O5/c1-26(2)22-14-19(17-13-16(33-3)5-6-18(17)24)25-28(23(22)30)21-12-15(4-7-20(21)29(31)32)27-8-10-34-11-9-27/h4-7,12-14H,8-11H2,1-3H3. The Hall–Kier alpha value is -3.63. The number of benzene rings is 2. The third-order valence-corrected chi connectivity index (χ3v) is 5.91. The highest BCUT2D eigenvalue weighted by atomic mass is 35.5. The molecule has 178 valence electrons. The Kier molecular flexibility index (Phi) is 6.71. The molecule has 2 heterocycles. The van der Waals surface area contributed by atoms with E-state index in [4.69, 9.17) is 21.1 Å². The van der Waals surface area contributed by atoms with Gasteiger partial charge in [0.05, 0.1) is 36.0 Å². The first-order valence-electron chi connectivity index (χ1n) is 10.6. The molecule has 34 heavy (non-hydrogen) atoms. The third kappa shape index (κ3) is 4.55. The molecule has 0 amide bonds. The average molecular weight is 486 g/mol. The molecule has 1 aromatic heterocycles. The molecule has 0 spiro atoms. The number of rotatable bonds is 6. The lowest BCUT2D eigenvalue weighted by Gasteiger charge is -2.29. The van der Waals surface area contributed by atoms with Crippen molar-refractivity contribution in [3.8, 4) is 22.7 Å². The van der Waals surface area contributed by atoms with E-state index >= 15 is 0 Å². The number of nitrogens with zero attached hydrogens (tertiary/aromatic N) is 5. The Morgan fingerprint density at radius 2 is 1.88 bits per heavy atom. The van der Waals surface area contributed by atoms with E-state index in [0.717, 1.165) is 10.4 Å². The van der Waals surface area contributed by atoms with Crippen LogP contribution in [0.5, 0.6) is 5.75 Å². The monoisotopic (exact) mass is 485 g/mol. The zero-order valence-corrected chi connectivity index (χ0v) is 19.8. The van der Waals surface area contributed by atoms with Gasteiger partial charge in [0.2, 0.25) is 0 Å². The minimum Gasteiger partial charge on any atom is -0.497 e. The molecule has 4 rings (SSSR count). The van der Waals surface area contributed by atoms with Crippen molar-refractivity contribution < 1.29 is 14.4 Å². The van der Waals surface area contributed by atoms with Crippen molar-refractivity contribution in [1.82, 2.24) is 9.78 Å². The molecule has 0 radical (unpaired) electrons. The summed E-state index contributed by atoms with van der Waals surface area (Å²) < 4.78 is 11.8. The van der Waals surface area contributed by atoms with Gasteiger partial charge >= 0.3 is 0 Å². The van der Waals surface area contributed by atoms with Crippen LogP contribution >= 0.6 is 11.6 Å². The van der Waals surface area contributed by atoms with E-state index in [9.17, 15) is 14.9 Å². The second-order valence-electron chi connectivity index (χ2n) is 7.90. The lowest BCUT2D eigenvalue weighted by molar-refractivity contribution is -0.384. The summed E-state index contributed by atoms with van der Waals surface area (Å²) >= 11 is 6.44. The smallest absolute Gasteiger partial charge is 0.295 e. The Morgan fingerprint density at radius 3 is 2.53 bits per heavy atom. The number of hydrogen-bond acceptors (Lipinski definition) is 8. The maximum absolute atomic E-state index is 13.4. The van der Waals surface area contributed by atoms with Gasteiger partial charge in [-0.05, 0) is 36.4 Å². The van der Waals surface area contributed by atoms with Crippen LogP contribution in [0.1, 0.15) is 0 Å². The van der Waals surface area contributed by atoms with Gasteiger partial charge in [-0.25, -0.2) is 0 Å². The van der Waals surface area contributed by atoms with Crippen LogP contribution in [0, 0.1) is 10.1 Å². The van der Waals surface area contributed by atoms with Gasteiger partial charge in [0.25, 0.3) is 11.2 Å². The van der Waals surface area contributed by atoms with Crippen molar-refractivity contribution in [2.24, 2.45) is 0 Å². The predicted molar refractivity (Wildman–Crippen MR) is 131 cm³/mol. The van der Waals surface area contributed by atoms with Gasteiger partial charge < -0.3 is 19.3 Å². The van der Waals surface area contributed by atoms with Crippen molar-refractivity contribution in [2.75, 3.05) is 57.3 Å². The quantitative estimate of drug-likeness (QED) is 0.386. The summed E-state index contributed by atoms with van der Waals surface area (Å²) in [6.45, 7) is 2.39. The highest BCUT2D eigenvalue weighted by molar-refractivity contribution is 6.33. The molecule has 0 unspecified atom stereocenters. The minimum atomic E-state index is -0.521. The highest BCUT2D eigenvalue weighted by Crippen LogP contribution is 2.33. The van der Waals surface area contributed by atoms with Crippen molar-refractivity contribution >= 4 is 28.7 Å². The van der Waals surface area contributed by atoms with Crippen molar-refractivity contribution in [3.63, 3.8) is 0 Å². The predicted octanol–water partition coefficient (Wildman–Crippen LogP) is 3.37. The fourth-order valence-electron chi connectivity index (χ4n) is 3.78. The van der Waals surface area contributed by atoms with Gasteiger partial charge in [0.15, 0.2) is 0 Å². The molecule has 1 fully saturated rings. The number of anilines is 2. The van der Waals surface area contributed by atoms with Crippen LogP contribution in [-0.2, 0) is 4.74 Å². The van der Waals surface area contributed by atoms with Crippen molar-refractivity contribution in [1.29, 1.82) is 0 Å². The fourth-order valence-corrected chi connectivity index (χ4v) is 3.99. The normalized spacial score (nSPS) is 13.6. The van der Waals surface area contributed by atoms with Crippen LogP contribution in [0.15, 0.2) is 47.3 Å². The van der Waals surface area contributed by atoms with Gasteiger partial charge in [-0.1, -0.05) is 11.6 Å². The zero-order valence-electron chi connectivity index (χ0n) is 19.0. The molecule has 0 saturated carbocycles. The number of nitro groups is 1. The van der Waals surface area contributed by atoms with E-state index < -0.39 is 10.5 Å². The number of morpholine rings is 1. The molecule has 0 aliphatic carbocycles. The Labute approximate surface area is 201 Å². The topological polar surface area (TPSA) is 103 Å². The van der Waals surface area contributed by atoms with E-state index in [0.29, 0.717) is 54.0 Å². The lowest BCUT2D eigenvalue weighted by Crippen LogP contribution is -2.36. The molecule has 1 aliphatic heterocycles. The number of halogens is 1. The maximum atomic E-state index is 13.4. The zero-order chi connectivity index (χ0) is 24.4. The molecule has 0 bridgehead atoms. The summed E-state index contributed by atoms with van der Waals surface area (Å²) in [6, 6.07) is 11.4. The molecule has 3 aromatic rings. The molecular formula is C23H24ClN5O5. The second kappa shape index (κ2) is 9.70. The first-order chi connectivity index (χ1) is 16.3. The third-order valence-electron chi connectivity index (χ3n) is 5.58. The summed E-state index contributed by atoms with van der Waals surface area (Å²) in [5.74, 6) is 0.561. The molecule has 1 saturated heterocycles. The van der Waals surface area contributed by atoms with E-state index in [1.807, 2.05) is 0 Å². The van der Waals surface area contributed by atoms with E-state index in [2.05, 4.69) is 10.00 Å². The van der Waals surface area contributed by atoms with Crippen LogP contribution in [0.25, 0.3) is 16.9 Å². The molecule has 10 nitrogen and oxygen atoms in total. The minimum absolute atomic E-state index is 0.0722. The van der Waals surface area contributed by atoms with Crippen LogP contribution in [0.3, 0.4) is 0 Å². The van der Waals surface area contributed by atoms with Gasteiger partial charge in [-0.15, -0.1) is 0 Å². The summed E-state index contributed by atoms with van der Waals surface area (Å²) in [7, 11) is 4.97. The number of aromatic nitrogens is 2. The van der Waals surface area contributed by atoms with E-state index in [1.165, 1.54) is 13.2 Å². The second-order valence-corrected chi connectivity index (χ2v) is 8.31. The summed E-state index contributed by atoms with van der Waals surface area (Å²) in [5, 5.41) is 16.8. The largest absolute Gasteiger partial charge is 0.497 e. The van der Waals surface area contributed by atoms with Crippen molar-refractivity contribution in [3.05, 3.63) is 68.0 Å². The summed E-state index contributed by atoms with van der Waals surface area (Å²) in [4.78, 5) is 28.5.